The molecule has 1 aliphatic heterocycles. The van der Waals surface area contributed by atoms with E-state index in [-0.39, 0.29) is 16.7 Å². The molecule has 4 nitrogen and oxygen atoms in total. The summed E-state index contributed by atoms with van der Waals surface area (Å²) >= 11 is 7.64. The standard InChI is InChI=1S/C18H21ClN2O2S/c19-16-10-14(2-3-17(16)22)11-18(23)21-6-1-5-20(7-8-21)12-15-4-9-24-13-15/h2-4,9-10,13,22H,1,5-8,11-12H2. The number of carbonyl (C=O) groups excluding carboxylic acids is 1. The average molecular weight is 365 g/mol. The number of hydrogen-bond acceptors (Lipinski definition) is 4. The van der Waals surface area contributed by atoms with E-state index in [1.54, 1.807) is 23.5 Å². The van der Waals surface area contributed by atoms with Crippen LogP contribution in [0.3, 0.4) is 0 Å². The van der Waals surface area contributed by atoms with Crippen LogP contribution in [0.25, 0.3) is 0 Å². The van der Waals surface area contributed by atoms with E-state index in [4.69, 9.17) is 11.6 Å². The third-order valence-electron chi connectivity index (χ3n) is 4.29. The van der Waals surface area contributed by atoms with Crippen LogP contribution in [-0.2, 0) is 17.8 Å². The summed E-state index contributed by atoms with van der Waals surface area (Å²) in [5.41, 5.74) is 2.18. The van der Waals surface area contributed by atoms with Crippen molar-refractivity contribution in [2.45, 2.75) is 19.4 Å². The largest absolute Gasteiger partial charge is 0.506 e. The van der Waals surface area contributed by atoms with E-state index in [0.717, 1.165) is 44.7 Å². The zero-order valence-electron chi connectivity index (χ0n) is 13.4. The lowest BCUT2D eigenvalue weighted by Crippen LogP contribution is -2.36. The molecule has 0 saturated carbocycles. The number of amides is 1. The van der Waals surface area contributed by atoms with Crippen LogP contribution in [-0.4, -0.2) is 47.0 Å². The Labute approximate surface area is 151 Å². The Balaban J connectivity index is 1.55. The summed E-state index contributed by atoms with van der Waals surface area (Å²) in [6.07, 6.45) is 1.32. The van der Waals surface area contributed by atoms with Gasteiger partial charge in [-0.15, -0.1) is 0 Å². The first-order valence-electron chi connectivity index (χ1n) is 8.10. The zero-order chi connectivity index (χ0) is 16.9. The number of carbonyl (C=O) groups is 1. The van der Waals surface area contributed by atoms with Gasteiger partial charge in [-0.1, -0.05) is 17.7 Å². The number of nitrogens with zero attached hydrogens (tertiary/aromatic N) is 2. The molecule has 0 bridgehead atoms. The van der Waals surface area contributed by atoms with Gasteiger partial charge in [0.1, 0.15) is 5.75 Å². The van der Waals surface area contributed by atoms with Crippen LogP contribution < -0.4 is 0 Å². The Morgan fingerprint density at radius 3 is 2.79 bits per heavy atom. The number of phenolic OH excluding ortho intramolecular Hbond substituents is 1. The summed E-state index contributed by atoms with van der Waals surface area (Å²) in [5.74, 6) is 0.167. The van der Waals surface area contributed by atoms with E-state index < -0.39 is 0 Å². The summed E-state index contributed by atoms with van der Waals surface area (Å²) < 4.78 is 0. The van der Waals surface area contributed by atoms with Gasteiger partial charge in [0.25, 0.3) is 0 Å². The molecule has 6 heteroatoms. The zero-order valence-corrected chi connectivity index (χ0v) is 15.0. The molecule has 1 saturated heterocycles. The molecule has 0 aliphatic carbocycles. The first-order chi connectivity index (χ1) is 11.6. The Bertz CT molecular complexity index is 690. The van der Waals surface area contributed by atoms with Gasteiger partial charge < -0.3 is 10.0 Å². The lowest BCUT2D eigenvalue weighted by Gasteiger charge is -2.22. The SMILES string of the molecule is O=C(Cc1ccc(O)c(Cl)c1)N1CCCN(Cc2ccsc2)CC1. The van der Waals surface area contributed by atoms with Crippen LogP contribution in [0, 0.1) is 0 Å². The quantitative estimate of drug-likeness (QED) is 0.904. The van der Waals surface area contributed by atoms with Crippen LogP contribution in [0.2, 0.25) is 5.02 Å². The smallest absolute Gasteiger partial charge is 0.227 e. The number of rotatable bonds is 4. The second-order valence-electron chi connectivity index (χ2n) is 6.10. The Hall–Kier alpha value is -1.56. The molecule has 1 aromatic heterocycles. The van der Waals surface area contributed by atoms with Gasteiger partial charge in [0.05, 0.1) is 11.4 Å². The predicted octanol–water partition coefficient (Wildman–Crippen LogP) is 3.38. The maximum atomic E-state index is 12.5. The molecule has 3 rings (SSSR count). The lowest BCUT2D eigenvalue weighted by atomic mass is 10.1. The highest BCUT2D eigenvalue weighted by Gasteiger charge is 2.19. The van der Waals surface area contributed by atoms with Crippen LogP contribution in [0.15, 0.2) is 35.0 Å². The molecule has 0 unspecified atom stereocenters. The summed E-state index contributed by atoms with van der Waals surface area (Å²) in [4.78, 5) is 16.9. The second-order valence-corrected chi connectivity index (χ2v) is 7.29. The van der Waals surface area contributed by atoms with Gasteiger partial charge in [-0.05, 0) is 46.5 Å². The molecule has 0 radical (unpaired) electrons. The predicted molar refractivity (Wildman–Crippen MR) is 97.6 cm³/mol. The van der Waals surface area contributed by atoms with Crippen LogP contribution in [0.5, 0.6) is 5.75 Å². The van der Waals surface area contributed by atoms with Crippen molar-refractivity contribution in [1.82, 2.24) is 9.80 Å². The molecule has 128 valence electrons. The highest BCUT2D eigenvalue weighted by Crippen LogP contribution is 2.24. The molecular weight excluding hydrogens is 344 g/mol. The highest BCUT2D eigenvalue weighted by atomic mass is 35.5. The van der Waals surface area contributed by atoms with Crippen molar-refractivity contribution in [1.29, 1.82) is 0 Å². The van der Waals surface area contributed by atoms with E-state index in [9.17, 15) is 9.90 Å². The van der Waals surface area contributed by atoms with Gasteiger partial charge in [-0.2, -0.15) is 11.3 Å². The topological polar surface area (TPSA) is 43.8 Å². The number of aromatic hydroxyl groups is 1. The van der Waals surface area contributed by atoms with Crippen LogP contribution in [0.1, 0.15) is 17.5 Å². The Morgan fingerprint density at radius 1 is 1.17 bits per heavy atom. The number of thiophene rings is 1. The summed E-state index contributed by atoms with van der Waals surface area (Å²) in [5, 5.41) is 14.0. The summed E-state index contributed by atoms with van der Waals surface area (Å²) in [6.45, 7) is 4.43. The maximum absolute atomic E-state index is 12.5. The Kier molecular flexibility index (Phi) is 5.76. The van der Waals surface area contributed by atoms with Crippen LogP contribution >= 0.6 is 22.9 Å². The minimum atomic E-state index is 0.0479. The molecule has 1 fully saturated rings. The Morgan fingerprint density at radius 2 is 2.04 bits per heavy atom. The molecule has 0 spiro atoms. The van der Waals surface area contributed by atoms with Gasteiger partial charge in [-0.3, -0.25) is 9.69 Å². The fraction of sp³-hybridized carbons (Fsp3) is 0.389. The highest BCUT2D eigenvalue weighted by molar-refractivity contribution is 7.07. The summed E-state index contributed by atoms with van der Waals surface area (Å²) in [7, 11) is 0. The summed E-state index contributed by atoms with van der Waals surface area (Å²) in [6, 6.07) is 7.11. The van der Waals surface area contributed by atoms with Gasteiger partial charge in [0.15, 0.2) is 0 Å². The fourth-order valence-corrected chi connectivity index (χ4v) is 3.83. The van der Waals surface area contributed by atoms with E-state index >= 15 is 0 Å². The van der Waals surface area contributed by atoms with Gasteiger partial charge >= 0.3 is 0 Å². The number of benzene rings is 1. The van der Waals surface area contributed by atoms with Crippen molar-refractivity contribution in [2.24, 2.45) is 0 Å². The molecular formula is C18H21ClN2O2S. The van der Waals surface area contributed by atoms with Crippen molar-refractivity contribution in [3.63, 3.8) is 0 Å². The first kappa shape index (κ1) is 17.3. The normalized spacial score (nSPS) is 16.1. The minimum Gasteiger partial charge on any atom is -0.506 e. The third kappa shape index (κ3) is 4.50. The number of hydrogen-bond donors (Lipinski definition) is 1. The third-order valence-corrected chi connectivity index (χ3v) is 5.33. The van der Waals surface area contributed by atoms with Crippen molar-refractivity contribution in [3.8, 4) is 5.75 Å². The van der Waals surface area contributed by atoms with E-state index in [1.807, 2.05) is 4.90 Å². The van der Waals surface area contributed by atoms with Gasteiger partial charge in [0, 0.05) is 32.7 Å². The molecule has 1 N–H and O–H groups in total. The molecule has 1 aliphatic rings. The van der Waals surface area contributed by atoms with Crippen molar-refractivity contribution in [3.05, 3.63) is 51.2 Å². The van der Waals surface area contributed by atoms with E-state index in [2.05, 4.69) is 21.7 Å². The monoisotopic (exact) mass is 364 g/mol. The van der Waals surface area contributed by atoms with Crippen molar-refractivity contribution in [2.75, 3.05) is 26.2 Å². The van der Waals surface area contributed by atoms with Crippen molar-refractivity contribution < 1.29 is 9.90 Å². The average Bonchev–Trinajstić information content (AvgIpc) is 2.95. The van der Waals surface area contributed by atoms with Crippen molar-refractivity contribution >= 4 is 28.8 Å². The minimum absolute atomic E-state index is 0.0479. The first-order valence-corrected chi connectivity index (χ1v) is 9.42. The van der Waals surface area contributed by atoms with E-state index in [0.29, 0.717) is 6.42 Å². The molecule has 0 atom stereocenters. The maximum Gasteiger partial charge on any atom is 0.227 e. The molecule has 24 heavy (non-hydrogen) atoms. The van der Waals surface area contributed by atoms with E-state index in [1.165, 1.54) is 11.6 Å². The lowest BCUT2D eigenvalue weighted by molar-refractivity contribution is -0.130. The molecule has 1 amide bonds. The molecule has 2 aromatic rings. The molecule has 1 aromatic carbocycles. The number of phenols is 1. The number of halogens is 1. The van der Waals surface area contributed by atoms with Crippen LogP contribution in [0.4, 0.5) is 0 Å². The molecule has 2 heterocycles. The second kappa shape index (κ2) is 8.01. The van der Waals surface area contributed by atoms with Gasteiger partial charge in [0.2, 0.25) is 5.91 Å². The fourth-order valence-electron chi connectivity index (χ4n) is 2.97. The van der Waals surface area contributed by atoms with Gasteiger partial charge in [-0.25, -0.2) is 0 Å².